The van der Waals surface area contributed by atoms with Crippen LogP contribution >= 0.6 is 27.7 Å². The van der Waals surface area contributed by atoms with Gasteiger partial charge in [0, 0.05) is 28.2 Å². The van der Waals surface area contributed by atoms with Gasteiger partial charge in [-0.05, 0) is 29.3 Å². The van der Waals surface area contributed by atoms with Crippen LogP contribution in [0.2, 0.25) is 0 Å². The Hall–Kier alpha value is -1.43. The molecule has 2 aromatic rings. The summed E-state index contributed by atoms with van der Waals surface area (Å²) in [6.07, 6.45) is 0.446. The largest absolute Gasteiger partial charge is 0.295 e. The third kappa shape index (κ3) is 3.74. The molecule has 23 heavy (non-hydrogen) atoms. The van der Waals surface area contributed by atoms with E-state index in [0.717, 1.165) is 34.4 Å². The van der Waals surface area contributed by atoms with Gasteiger partial charge in [0.2, 0.25) is 5.78 Å². The lowest BCUT2D eigenvalue weighted by Gasteiger charge is -2.22. The zero-order valence-corrected chi connectivity index (χ0v) is 14.8. The molecule has 0 fully saturated rings. The molecule has 3 rings (SSSR count). The second-order valence-corrected chi connectivity index (χ2v) is 7.48. The van der Waals surface area contributed by atoms with Crippen molar-refractivity contribution < 1.29 is 9.59 Å². The van der Waals surface area contributed by atoms with Crippen LogP contribution in [0.5, 0.6) is 0 Å². The second-order valence-electron chi connectivity index (χ2n) is 5.40. The quantitative estimate of drug-likeness (QED) is 0.427. The Kier molecular flexibility index (Phi) is 5.30. The van der Waals surface area contributed by atoms with Crippen molar-refractivity contribution in [1.82, 2.24) is 4.90 Å². The highest BCUT2D eigenvalue weighted by Gasteiger charge is 2.34. The number of hydrogen-bond acceptors (Lipinski definition) is 4. The fourth-order valence-corrected chi connectivity index (χ4v) is 4.39. The summed E-state index contributed by atoms with van der Waals surface area (Å²) in [7, 11) is 0. The molecule has 3 nitrogen and oxygen atoms in total. The first kappa shape index (κ1) is 16.4. The number of carbonyl (C=O) groups is 2. The van der Waals surface area contributed by atoms with E-state index in [1.165, 1.54) is 4.90 Å². The summed E-state index contributed by atoms with van der Waals surface area (Å²) in [6, 6.07) is 15.6. The first-order chi connectivity index (χ1) is 11.2. The third-order valence-electron chi connectivity index (χ3n) is 3.92. The summed E-state index contributed by atoms with van der Waals surface area (Å²) in [5.74, 6) is 0.509. The van der Waals surface area contributed by atoms with Gasteiger partial charge in [0.1, 0.15) is 6.04 Å². The molecule has 0 aliphatic carbocycles. The summed E-state index contributed by atoms with van der Waals surface area (Å²) >= 11 is 5.22. The number of aldehydes is 1. The topological polar surface area (TPSA) is 37.4 Å². The molecule has 1 heterocycles. The number of Topliss-reactive ketones (excluding diaryl/α,β-unsaturated/α-hetero) is 1. The van der Waals surface area contributed by atoms with Crippen LogP contribution in [0.4, 0.5) is 0 Å². The summed E-state index contributed by atoms with van der Waals surface area (Å²) in [5, 5.41) is 0. The van der Waals surface area contributed by atoms with Crippen molar-refractivity contribution in [3.8, 4) is 0 Å². The standard InChI is InChI=1S/C18H16BrNO2S/c19-14-5-3-6-15(10-14)23-9-8-20-11-13-4-1-2-7-16(13)18(20)17(22)12-21/h1-7,10,12,18H,8-9,11H2. The molecule has 1 aliphatic rings. The molecule has 0 saturated heterocycles. The number of halogens is 1. The lowest BCUT2D eigenvalue weighted by Crippen LogP contribution is -2.30. The van der Waals surface area contributed by atoms with Crippen LogP contribution in [0, 0.1) is 0 Å². The van der Waals surface area contributed by atoms with Crippen LogP contribution in [0.25, 0.3) is 0 Å². The van der Waals surface area contributed by atoms with Gasteiger partial charge < -0.3 is 0 Å². The Balaban J connectivity index is 1.67. The molecule has 1 aliphatic heterocycles. The summed E-state index contributed by atoms with van der Waals surface area (Å²) < 4.78 is 1.06. The van der Waals surface area contributed by atoms with Crippen molar-refractivity contribution in [2.45, 2.75) is 17.5 Å². The average Bonchev–Trinajstić information content (AvgIpc) is 2.92. The van der Waals surface area contributed by atoms with Crippen molar-refractivity contribution >= 4 is 39.8 Å². The van der Waals surface area contributed by atoms with Crippen molar-refractivity contribution in [2.75, 3.05) is 12.3 Å². The fourth-order valence-electron chi connectivity index (χ4n) is 2.90. The molecule has 0 radical (unpaired) electrons. The van der Waals surface area contributed by atoms with Crippen LogP contribution in [0.15, 0.2) is 57.9 Å². The maximum Gasteiger partial charge on any atom is 0.216 e. The minimum atomic E-state index is -0.424. The Morgan fingerprint density at radius 1 is 1.26 bits per heavy atom. The summed E-state index contributed by atoms with van der Waals surface area (Å²) in [4.78, 5) is 26.3. The van der Waals surface area contributed by atoms with Crippen molar-refractivity contribution in [2.24, 2.45) is 0 Å². The molecular formula is C18H16BrNO2S. The van der Waals surface area contributed by atoms with Crippen molar-refractivity contribution in [3.63, 3.8) is 0 Å². The van der Waals surface area contributed by atoms with E-state index in [-0.39, 0.29) is 5.78 Å². The van der Waals surface area contributed by atoms with E-state index in [2.05, 4.69) is 33.0 Å². The number of hydrogen-bond donors (Lipinski definition) is 0. The Bertz CT molecular complexity index is 734. The van der Waals surface area contributed by atoms with Gasteiger partial charge in [-0.1, -0.05) is 46.3 Å². The van der Waals surface area contributed by atoms with Gasteiger partial charge in [-0.2, -0.15) is 0 Å². The molecule has 0 bridgehead atoms. The highest BCUT2D eigenvalue weighted by Crippen LogP contribution is 2.34. The van der Waals surface area contributed by atoms with E-state index in [9.17, 15) is 9.59 Å². The van der Waals surface area contributed by atoms with E-state index < -0.39 is 6.04 Å². The van der Waals surface area contributed by atoms with E-state index in [0.29, 0.717) is 6.29 Å². The summed E-state index contributed by atoms with van der Waals surface area (Å²) in [6.45, 7) is 1.48. The smallest absolute Gasteiger partial charge is 0.216 e. The van der Waals surface area contributed by atoms with Crippen LogP contribution in [0.3, 0.4) is 0 Å². The number of fused-ring (bicyclic) bond motifs is 1. The minimum Gasteiger partial charge on any atom is -0.295 e. The molecule has 0 N–H and O–H groups in total. The molecule has 0 amide bonds. The zero-order valence-electron chi connectivity index (χ0n) is 12.4. The monoisotopic (exact) mass is 389 g/mol. The van der Waals surface area contributed by atoms with Gasteiger partial charge in [-0.3, -0.25) is 14.5 Å². The SMILES string of the molecule is O=CC(=O)C1c2ccccc2CN1CCSc1cccc(Br)c1. The molecular weight excluding hydrogens is 374 g/mol. The molecule has 1 atom stereocenters. The Morgan fingerprint density at radius 3 is 2.87 bits per heavy atom. The molecule has 1 unspecified atom stereocenters. The van der Waals surface area contributed by atoms with Crippen molar-refractivity contribution in [1.29, 1.82) is 0 Å². The highest BCUT2D eigenvalue weighted by atomic mass is 79.9. The zero-order chi connectivity index (χ0) is 16.2. The maximum atomic E-state index is 12.0. The molecule has 0 spiro atoms. The summed E-state index contributed by atoms with van der Waals surface area (Å²) in [5.41, 5.74) is 2.11. The van der Waals surface area contributed by atoms with Crippen LogP contribution in [-0.2, 0) is 16.1 Å². The Morgan fingerprint density at radius 2 is 2.09 bits per heavy atom. The first-order valence-electron chi connectivity index (χ1n) is 7.38. The van der Waals surface area contributed by atoms with E-state index in [1.807, 2.05) is 36.4 Å². The lowest BCUT2D eigenvalue weighted by atomic mass is 10.0. The van der Waals surface area contributed by atoms with E-state index in [4.69, 9.17) is 0 Å². The van der Waals surface area contributed by atoms with Gasteiger partial charge >= 0.3 is 0 Å². The number of benzene rings is 2. The van der Waals surface area contributed by atoms with Gasteiger partial charge in [0.05, 0.1) is 0 Å². The molecule has 2 aromatic carbocycles. The number of thioether (sulfide) groups is 1. The van der Waals surface area contributed by atoms with E-state index in [1.54, 1.807) is 11.8 Å². The van der Waals surface area contributed by atoms with Gasteiger partial charge in [-0.25, -0.2) is 0 Å². The molecule has 5 heteroatoms. The predicted octanol–water partition coefficient (Wildman–Crippen LogP) is 3.87. The highest BCUT2D eigenvalue weighted by molar-refractivity contribution is 9.10. The number of carbonyl (C=O) groups excluding carboxylic acids is 2. The Labute approximate surface area is 148 Å². The number of ketones is 1. The van der Waals surface area contributed by atoms with Crippen LogP contribution in [-0.4, -0.2) is 29.3 Å². The molecule has 0 saturated carbocycles. The van der Waals surface area contributed by atoms with Crippen LogP contribution in [0.1, 0.15) is 17.2 Å². The van der Waals surface area contributed by atoms with Gasteiger partial charge in [0.25, 0.3) is 0 Å². The van der Waals surface area contributed by atoms with Crippen LogP contribution < -0.4 is 0 Å². The van der Waals surface area contributed by atoms with Gasteiger partial charge in [0.15, 0.2) is 6.29 Å². The number of nitrogens with zero attached hydrogens (tertiary/aromatic N) is 1. The van der Waals surface area contributed by atoms with Gasteiger partial charge in [-0.15, -0.1) is 11.8 Å². The van der Waals surface area contributed by atoms with Crippen molar-refractivity contribution in [3.05, 3.63) is 64.1 Å². The second kappa shape index (κ2) is 7.43. The number of rotatable bonds is 6. The predicted molar refractivity (Wildman–Crippen MR) is 95.5 cm³/mol. The lowest BCUT2D eigenvalue weighted by molar-refractivity contribution is -0.133. The third-order valence-corrected chi connectivity index (χ3v) is 5.38. The average molecular weight is 390 g/mol. The maximum absolute atomic E-state index is 12.0. The minimum absolute atomic E-state index is 0.359. The molecule has 0 aromatic heterocycles. The van der Waals surface area contributed by atoms with E-state index >= 15 is 0 Å². The molecule has 118 valence electrons. The fraction of sp³-hybridized carbons (Fsp3) is 0.222. The first-order valence-corrected chi connectivity index (χ1v) is 9.16. The normalized spacial score (nSPS) is 17.0.